The van der Waals surface area contributed by atoms with Crippen LogP contribution in [-0.4, -0.2) is 0 Å². The minimum atomic E-state index is 0.451. The Morgan fingerprint density at radius 3 is 2.38 bits per heavy atom. The van der Waals surface area contributed by atoms with Crippen LogP contribution in [0.1, 0.15) is 45.6 Å². The third kappa shape index (κ3) is 2.55. The van der Waals surface area contributed by atoms with Crippen molar-refractivity contribution in [3.05, 3.63) is 42.0 Å². The Bertz CT molecular complexity index is 365. The fraction of sp³-hybridized carbons (Fsp3) is 0.500. The average molecular weight is 213 g/mol. The predicted octanol–water partition coefficient (Wildman–Crippen LogP) is 4.72. The van der Waals surface area contributed by atoms with Crippen molar-refractivity contribution in [1.82, 2.24) is 0 Å². The molecule has 2 rings (SSSR count). The summed E-state index contributed by atoms with van der Waals surface area (Å²) in [4.78, 5) is 0. The first kappa shape index (κ1) is 11.4. The highest BCUT2D eigenvalue weighted by Crippen LogP contribution is 2.39. The molecule has 1 atom stereocenters. The summed E-state index contributed by atoms with van der Waals surface area (Å²) in [6.07, 6.45) is 6.23. The first-order valence-electron chi connectivity index (χ1n) is 6.23. The molecule has 0 bridgehead atoms. The molecule has 0 heteroatoms. The molecule has 0 aliphatic heterocycles. The van der Waals surface area contributed by atoms with E-state index in [-0.39, 0.29) is 0 Å². The van der Waals surface area contributed by atoms with E-state index in [0.717, 1.165) is 5.92 Å². The topological polar surface area (TPSA) is 0 Å². The predicted molar refractivity (Wildman–Crippen MR) is 70.1 cm³/mol. The number of hydrogen-bond donors (Lipinski definition) is 0. The summed E-state index contributed by atoms with van der Waals surface area (Å²) in [7, 11) is 0. The first-order valence-corrected chi connectivity index (χ1v) is 6.23. The Morgan fingerprint density at radius 1 is 1.19 bits per heavy atom. The van der Waals surface area contributed by atoms with E-state index in [1.807, 2.05) is 12.1 Å². The molecular weight excluding hydrogens is 192 g/mol. The van der Waals surface area contributed by atoms with Crippen molar-refractivity contribution in [2.75, 3.05) is 0 Å². The summed E-state index contributed by atoms with van der Waals surface area (Å²) in [5.41, 5.74) is 3.35. The van der Waals surface area contributed by atoms with E-state index in [1.54, 1.807) is 0 Å². The smallest absolute Gasteiger partial charge is 0.0184 e. The quantitative estimate of drug-likeness (QED) is 0.633. The molecule has 1 aromatic carbocycles. The third-order valence-electron chi connectivity index (χ3n) is 3.72. The minimum absolute atomic E-state index is 0.451. The Labute approximate surface area is 99.4 Å². The summed E-state index contributed by atoms with van der Waals surface area (Å²) < 4.78 is 0. The van der Waals surface area contributed by atoms with Gasteiger partial charge in [-0.15, -0.1) is 0 Å². The molecule has 0 nitrogen and oxygen atoms in total. The van der Waals surface area contributed by atoms with Gasteiger partial charge in [-0.05, 0) is 47.8 Å². The van der Waals surface area contributed by atoms with Crippen LogP contribution in [0.2, 0.25) is 0 Å². The highest BCUT2D eigenvalue weighted by atomic mass is 14.3. The fourth-order valence-electron chi connectivity index (χ4n) is 2.48. The first-order chi connectivity index (χ1) is 7.57. The number of benzene rings is 1. The molecular formula is C16H21. The molecule has 1 aromatic rings. The fourth-order valence-corrected chi connectivity index (χ4v) is 2.48. The lowest BCUT2D eigenvalue weighted by Gasteiger charge is -2.33. The Hall–Kier alpha value is -1.04. The van der Waals surface area contributed by atoms with Crippen LogP contribution in [0.5, 0.6) is 0 Å². The molecule has 16 heavy (non-hydrogen) atoms. The molecule has 85 valence electrons. The Balaban J connectivity index is 2.10. The molecule has 0 aromatic heterocycles. The maximum absolute atomic E-state index is 3.08. The standard InChI is InChI=1S/C16H21/c1-16(2,3)15-11-9-14(10-12-15)13-7-5-4-6-8-13/h5-9,15H,10-12H2,1-3H3/t15-/m1/s1. The van der Waals surface area contributed by atoms with E-state index in [9.17, 15) is 0 Å². The van der Waals surface area contributed by atoms with Gasteiger partial charge < -0.3 is 0 Å². The zero-order chi connectivity index (χ0) is 11.6. The van der Waals surface area contributed by atoms with Crippen LogP contribution in [0.4, 0.5) is 0 Å². The lowest BCUT2D eigenvalue weighted by Crippen LogP contribution is -2.21. The van der Waals surface area contributed by atoms with Crippen molar-refractivity contribution in [2.24, 2.45) is 11.3 Å². The lowest BCUT2D eigenvalue weighted by molar-refractivity contribution is 0.225. The van der Waals surface area contributed by atoms with Gasteiger partial charge in [-0.3, -0.25) is 0 Å². The number of hydrogen-bond acceptors (Lipinski definition) is 0. The van der Waals surface area contributed by atoms with Crippen LogP contribution >= 0.6 is 0 Å². The van der Waals surface area contributed by atoms with Crippen LogP contribution in [0.3, 0.4) is 0 Å². The van der Waals surface area contributed by atoms with Gasteiger partial charge in [0, 0.05) is 0 Å². The highest BCUT2D eigenvalue weighted by molar-refractivity contribution is 5.66. The maximum Gasteiger partial charge on any atom is -0.0184 e. The molecule has 0 N–H and O–H groups in total. The molecule has 0 saturated heterocycles. The van der Waals surface area contributed by atoms with E-state index in [0.29, 0.717) is 5.41 Å². The van der Waals surface area contributed by atoms with Gasteiger partial charge in [-0.2, -0.15) is 0 Å². The second-order valence-electron chi connectivity index (χ2n) is 5.86. The zero-order valence-electron chi connectivity index (χ0n) is 10.6. The van der Waals surface area contributed by atoms with Crippen LogP contribution < -0.4 is 0 Å². The summed E-state index contributed by atoms with van der Waals surface area (Å²) >= 11 is 0. The summed E-state index contributed by atoms with van der Waals surface area (Å²) in [6, 6.07) is 11.4. The van der Waals surface area contributed by atoms with Crippen molar-refractivity contribution in [3.63, 3.8) is 0 Å². The Morgan fingerprint density at radius 2 is 1.88 bits per heavy atom. The largest absolute Gasteiger partial charge is 0.0804 e. The van der Waals surface area contributed by atoms with Crippen molar-refractivity contribution in [2.45, 2.75) is 40.0 Å². The molecule has 1 aliphatic rings. The highest BCUT2D eigenvalue weighted by Gasteiger charge is 2.26. The molecule has 1 radical (unpaired) electrons. The van der Waals surface area contributed by atoms with Crippen molar-refractivity contribution in [3.8, 4) is 0 Å². The van der Waals surface area contributed by atoms with Gasteiger partial charge in [0.05, 0.1) is 0 Å². The average Bonchev–Trinajstić information content (AvgIpc) is 2.29. The SMILES string of the molecule is CC(C)(C)[C@@H]1CC=C(c2cc[c]cc2)CC1. The molecule has 0 fully saturated rings. The molecule has 0 saturated carbocycles. The lowest BCUT2D eigenvalue weighted by atomic mass is 9.72. The number of rotatable bonds is 1. The van der Waals surface area contributed by atoms with Gasteiger partial charge in [0.1, 0.15) is 0 Å². The van der Waals surface area contributed by atoms with E-state index < -0.39 is 0 Å². The van der Waals surface area contributed by atoms with Crippen LogP contribution in [0, 0.1) is 17.4 Å². The monoisotopic (exact) mass is 213 g/mol. The maximum atomic E-state index is 3.08. The van der Waals surface area contributed by atoms with Gasteiger partial charge in [-0.25, -0.2) is 0 Å². The molecule has 0 heterocycles. The van der Waals surface area contributed by atoms with Crippen LogP contribution in [0.25, 0.3) is 5.57 Å². The second-order valence-corrected chi connectivity index (χ2v) is 5.86. The third-order valence-corrected chi connectivity index (χ3v) is 3.72. The Kier molecular flexibility index (Phi) is 3.18. The summed E-state index contributed by atoms with van der Waals surface area (Å²) in [5, 5.41) is 0. The van der Waals surface area contributed by atoms with Gasteiger partial charge in [0.2, 0.25) is 0 Å². The normalized spacial score (nSPS) is 21.7. The van der Waals surface area contributed by atoms with Crippen molar-refractivity contribution in [1.29, 1.82) is 0 Å². The van der Waals surface area contributed by atoms with E-state index in [2.05, 4.69) is 45.0 Å². The van der Waals surface area contributed by atoms with E-state index in [4.69, 9.17) is 0 Å². The number of allylic oxidation sites excluding steroid dienone is 2. The van der Waals surface area contributed by atoms with Gasteiger partial charge in [-0.1, -0.05) is 51.1 Å². The van der Waals surface area contributed by atoms with Crippen LogP contribution in [0.15, 0.2) is 30.3 Å². The van der Waals surface area contributed by atoms with Crippen LogP contribution in [-0.2, 0) is 0 Å². The van der Waals surface area contributed by atoms with Gasteiger partial charge in [0.25, 0.3) is 0 Å². The summed E-state index contributed by atoms with van der Waals surface area (Å²) in [5.74, 6) is 0.839. The molecule has 0 unspecified atom stereocenters. The van der Waals surface area contributed by atoms with Gasteiger partial charge >= 0.3 is 0 Å². The van der Waals surface area contributed by atoms with E-state index in [1.165, 1.54) is 30.4 Å². The van der Waals surface area contributed by atoms with Crippen molar-refractivity contribution < 1.29 is 0 Å². The second kappa shape index (κ2) is 4.45. The van der Waals surface area contributed by atoms with Gasteiger partial charge in [0.15, 0.2) is 0 Å². The molecule has 1 aliphatic carbocycles. The zero-order valence-corrected chi connectivity index (χ0v) is 10.6. The summed E-state index contributed by atoms with van der Waals surface area (Å²) in [6.45, 7) is 7.07. The molecule has 0 spiro atoms. The van der Waals surface area contributed by atoms with E-state index >= 15 is 0 Å². The molecule has 0 amide bonds. The minimum Gasteiger partial charge on any atom is -0.0804 e. The van der Waals surface area contributed by atoms with Crippen molar-refractivity contribution >= 4 is 5.57 Å².